The standard InChI is InChI=1S/C19H17ClN2OS/c20-15-8-4-9-16(12-15)22-18(23)13-21-19(17-10-5-11-24-17)14-6-2-1-3-7-14/h1-12,19,21H,13H2,(H,22,23)/p+1/t19-/m0/s1. The molecule has 1 amide bonds. The molecule has 0 saturated carbocycles. The predicted molar refractivity (Wildman–Crippen MR) is 99.5 cm³/mol. The van der Waals surface area contributed by atoms with Crippen molar-refractivity contribution in [3.05, 3.63) is 87.6 Å². The molecule has 122 valence electrons. The molecule has 0 aliphatic carbocycles. The number of nitrogens with two attached hydrogens (primary N) is 1. The molecule has 0 aliphatic heterocycles. The maximum atomic E-state index is 12.2. The molecule has 2 aromatic carbocycles. The summed E-state index contributed by atoms with van der Waals surface area (Å²) in [6, 6.07) is 21.7. The van der Waals surface area contributed by atoms with Gasteiger partial charge >= 0.3 is 0 Å². The largest absolute Gasteiger partial charge is 0.328 e. The van der Waals surface area contributed by atoms with Gasteiger partial charge in [-0.1, -0.05) is 54.1 Å². The maximum Gasteiger partial charge on any atom is 0.279 e. The predicted octanol–water partition coefficient (Wildman–Crippen LogP) is 3.69. The summed E-state index contributed by atoms with van der Waals surface area (Å²) in [5.74, 6) is -0.0465. The van der Waals surface area contributed by atoms with E-state index in [-0.39, 0.29) is 11.9 Å². The molecule has 0 unspecified atom stereocenters. The van der Waals surface area contributed by atoms with E-state index in [9.17, 15) is 4.79 Å². The van der Waals surface area contributed by atoms with Crippen LogP contribution in [-0.4, -0.2) is 12.5 Å². The summed E-state index contributed by atoms with van der Waals surface area (Å²) in [6.45, 7) is 0.337. The summed E-state index contributed by atoms with van der Waals surface area (Å²) >= 11 is 7.65. The number of amides is 1. The van der Waals surface area contributed by atoms with E-state index in [0.717, 1.165) is 0 Å². The first-order valence-electron chi connectivity index (χ1n) is 7.69. The highest BCUT2D eigenvalue weighted by atomic mass is 35.5. The Balaban J connectivity index is 1.67. The van der Waals surface area contributed by atoms with Crippen molar-refractivity contribution >= 4 is 34.5 Å². The second-order valence-corrected chi connectivity index (χ2v) is 6.82. The van der Waals surface area contributed by atoms with Gasteiger partial charge in [-0.15, -0.1) is 11.3 Å². The van der Waals surface area contributed by atoms with Crippen LogP contribution in [-0.2, 0) is 4.79 Å². The molecule has 24 heavy (non-hydrogen) atoms. The number of quaternary nitrogens is 1. The van der Waals surface area contributed by atoms with Crippen molar-refractivity contribution in [1.82, 2.24) is 0 Å². The fourth-order valence-electron chi connectivity index (χ4n) is 2.55. The number of anilines is 1. The number of hydrogen-bond donors (Lipinski definition) is 2. The van der Waals surface area contributed by atoms with Gasteiger partial charge in [0.05, 0.1) is 4.88 Å². The van der Waals surface area contributed by atoms with Crippen LogP contribution in [0.1, 0.15) is 16.5 Å². The molecule has 1 heterocycles. The molecular formula is C19H18ClN2OS+. The highest BCUT2D eigenvalue weighted by Gasteiger charge is 2.19. The van der Waals surface area contributed by atoms with Gasteiger partial charge < -0.3 is 10.6 Å². The lowest BCUT2D eigenvalue weighted by atomic mass is 10.1. The molecule has 0 bridgehead atoms. The number of carbonyl (C=O) groups is 1. The number of hydrogen-bond acceptors (Lipinski definition) is 2. The zero-order valence-electron chi connectivity index (χ0n) is 13.0. The van der Waals surface area contributed by atoms with Crippen LogP contribution >= 0.6 is 22.9 Å². The fraction of sp³-hybridized carbons (Fsp3) is 0.105. The van der Waals surface area contributed by atoms with Crippen LogP contribution in [0.2, 0.25) is 5.02 Å². The summed E-state index contributed by atoms with van der Waals surface area (Å²) in [7, 11) is 0. The van der Waals surface area contributed by atoms with Gasteiger partial charge in [0.15, 0.2) is 6.54 Å². The molecule has 3 nitrogen and oxygen atoms in total. The SMILES string of the molecule is O=C(C[NH2+][C@@H](c1ccccc1)c1cccs1)Nc1cccc(Cl)c1. The van der Waals surface area contributed by atoms with Crippen LogP contribution in [0.15, 0.2) is 72.1 Å². The molecule has 0 aliphatic rings. The van der Waals surface area contributed by atoms with Crippen LogP contribution in [0, 0.1) is 0 Å². The molecule has 3 N–H and O–H groups in total. The maximum absolute atomic E-state index is 12.2. The molecule has 5 heteroatoms. The van der Waals surface area contributed by atoms with Crippen molar-refractivity contribution in [1.29, 1.82) is 0 Å². The van der Waals surface area contributed by atoms with Crippen LogP contribution in [0.4, 0.5) is 5.69 Å². The van der Waals surface area contributed by atoms with Crippen molar-refractivity contribution in [2.24, 2.45) is 0 Å². The van der Waals surface area contributed by atoms with E-state index < -0.39 is 0 Å². The van der Waals surface area contributed by atoms with Crippen molar-refractivity contribution in [3.63, 3.8) is 0 Å². The number of nitrogens with one attached hydrogen (secondary N) is 1. The first-order chi connectivity index (χ1) is 11.7. The molecule has 3 aromatic rings. The topological polar surface area (TPSA) is 45.7 Å². The van der Waals surface area contributed by atoms with Gasteiger partial charge in [-0.25, -0.2) is 0 Å². The molecule has 1 aromatic heterocycles. The zero-order valence-corrected chi connectivity index (χ0v) is 14.6. The number of carbonyl (C=O) groups excluding carboxylic acids is 1. The first kappa shape index (κ1) is 16.7. The third-order valence-electron chi connectivity index (χ3n) is 3.66. The fourth-order valence-corrected chi connectivity index (χ4v) is 3.59. The minimum atomic E-state index is -0.0465. The Morgan fingerprint density at radius 1 is 1.08 bits per heavy atom. The molecule has 0 saturated heterocycles. The van der Waals surface area contributed by atoms with Gasteiger partial charge in [0.25, 0.3) is 5.91 Å². The average Bonchev–Trinajstić information content (AvgIpc) is 3.10. The molecule has 1 atom stereocenters. The lowest BCUT2D eigenvalue weighted by Crippen LogP contribution is -2.87. The van der Waals surface area contributed by atoms with Gasteiger partial charge in [-0.05, 0) is 29.6 Å². The quantitative estimate of drug-likeness (QED) is 0.694. The van der Waals surface area contributed by atoms with Crippen molar-refractivity contribution in [2.45, 2.75) is 6.04 Å². The van der Waals surface area contributed by atoms with E-state index in [1.54, 1.807) is 23.5 Å². The Labute approximate surface area is 150 Å². The van der Waals surface area contributed by atoms with Gasteiger partial charge in [-0.2, -0.15) is 0 Å². The molecule has 0 fully saturated rings. The number of thiophene rings is 1. The van der Waals surface area contributed by atoms with Crippen LogP contribution in [0.5, 0.6) is 0 Å². The summed E-state index contributed by atoms with van der Waals surface area (Å²) < 4.78 is 0. The Hall–Kier alpha value is -2.14. The highest BCUT2D eigenvalue weighted by Crippen LogP contribution is 2.22. The van der Waals surface area contributed by atoms with E-state index in [0.29, 0.717) is 17.3 Å². The minimum Gasteiger partial charge on any atom is -0.328 e. The Morgan fingerprint density at radius 2 is 1.92 bits per heavy atom. The Kier molecular flexibility index (Phi) is 5.64. The lowest BCUT2D eigenvalue weighted by molar-refractivity contribution is -0.675. The number of halogens is 1. The highest BCUT2D eigenvalue weighted by molar-refractivity contribution is 7.10. The Bertz CT molecular complexity index is 790. The summed E-state index contributed by atoms with van der Waals surface area (Å²) in [4.78, 5) is 13.5. The third-order valence-corrected chi connectivity index (χ3v) is 4.85. The smallest absolute Gasteiger partial charge is 0.279 e. The molecule has 0 radical (unpaired) electrons. The van der Waals surface area contributed by atoms with Crippen LogP contribution < -0.4 is 10.6 Å². The van der Waals surface area contributed by atoms with Gasteiger partial charge in [-0.3, -0.25) is 4.79 Å². The normalized spacial score (nSPS) is 11.9. The first-order valence-corrected chi connectivity index (χ1v) is 8.95. The van der Waals surface area contributed by atoms with Gasteiger partial charge in [0.1, 0.15) is 6.04 Å². The van der Waals surface area contributed by atoms with Crippen molar-refractivity contribution in [3.8, 4) is 0 Å². The summed E-state index contributed by atoms with van der Waals surface area (Å²) in [6.07, 6.45) is 0. The molecule has 3 rings (SSSR count). The monoisotopic (exact) mass is 357 g/mol. The van der Waals surface area contributed by atoms with E-state index in [4.69, 9.17) is 11.6 Å². The van der Waals surface area contributed by atoms with Crippen LogP contribution in [0.25, 0.3) is 0 Å². The van der Waals surface area contributed by atoms with Gasteiger partial charge in [0.2, 0.25) is 0 Å². The van der Waals surface area contributed by atoms with Gasteiger partial charge in [0, 0.05) is 16.3 Å². The van der Waals surface area contributed by atoms with E-state index in [1.807, 2.05) is 36.4 Å². The van der Waals surface area contributed by atoms with E-state index in [2.05, 4.69) is 34.2 Å². The minimum absolute atomic E-state index is 0.0465. The average molecular weight is 358 g/mol. The summed E-state index contributed by atoms with van der Waals surface area (Å²) in [5.41, 5.74) is 1.91. The zero-order chi connectivity index (χ0) is 16.8. The van der Waals surface area contributed by atoms with E-state index >= 15 is 0 Å². The summed E-state index contributed by atoms with van der Waals surface area (Å²) in [5, 5.41) is 7.61. The second kappa shape index (κ2) is 8.11. The molecule has 0 spiro atoms. The van der Waals surface area contributed by atoms with Crippen LogP contribution in [0.3, 0.4) is 0 Å². The third kappa shape index (κ3) is 4.45. The van der Waals surface area contributed by atoms with Crippen molar-refractivity contribution in [2.75, 3.05) is 11.9 Å². The Morgan fingerprint density at radius 3 is 2.62 bits per heavy atom. The number of benzene rings is 2. The lowest BCUT2D eigenvalue weighted by Gasteiger charge is -2.14. The second-order valence-electron chi connectivity index (χ2n) is 5.40. The van der Waals surface area contributed by atoms with E-state index in [1.165, 1.54) is 10.4 Å². The number of rotatable bonds is 6. The van der Waals surface area contributed by atoms with Crippen molar-refractivity contribution < 1.29 is 10.1 Å². The molecular weight excluding hydrogens is 340 g/mol.